The molecule has 0 aliphatic heterocycles. The summed E-state index contributed by atoms with van der Waals surface area (Å²) in [5.74, 6) is 0. The van der Waals surface area contributed by atoms with Crippen LogP contribution in [0.5, 0.6) is 0 Å². The number of thiophene rings is 1. The van der Waals surface area contributed by atoms with Gasteiger partial charge in [-0.05, 0) is 43.2 Å². The molecule has 2 heterocycles. The summed E-state index contributed by atoms with van der Waals surface area (Å²) in [6.45, 7) is 4.76. The smallest absolute Gasteiger partial charge is 0.134 e. The Hall–Kier alpha value is -2.87. The van der Waals surface area contributed by atoms with Crippen molar-refractivity contribution in [3.63, 3.8) is 0 Å². The largest absolute Gasteiger partial charge is 0.342 e. The van der Waals surface area contributed by atoms with Crippen molar-refractivity contribution >= 4 is 45.1 Å². The molecule has 2 aromatic carbocycles. The number of nitrogens with zero attached hydrogens (tertiary/aromatic N) is 3. The molecule has 5 heteroatoms. The van der Waals surface area contributed by atoms with Gasteiger partial charge in [-0.25, -0.2) is 4.99 Å². The van der Waals surface area contributed by atoms with Crippen LogP contribution in [0.1, 0.15) is 27.1 Å². The molecule has 0 atom stereocenters. The molecule has 0 unspecified atom stereocenters. The predicted molar refractivity (Wildman–Crippen MR) is 118 cm³/mol. The summed E-state index contributed by atoms with van der Waals surface area (Å²) in [5.41, 5.74) is 5.06. The maximum Gasteiger partial charge on any atom is 0.134 e. The number of fused-ring (bicyclic) bond motifs is 1. The molecule has 28 heavy (non-hydrogen) atoms. The number of halogens is 1. The van der Waals surface area contributed by atoms with Crippen molar-refractivity contribution in [2.24, 2.45) is 4.99 Å². The fourth-order valence-electron chi connectivity index (χ4n) is 3.26. The van der Waals surface area contributed by atoms with E-state index >= 15 is 0 Å². The van der Waals surface area contributed by atoms with Crippen LogP contribution < -0.4 is 0 Å². The summed E-state index contributed by atoms with van der Waals surface area (Å²) in [6, 6.07) is 18.5. The van der Waals surface area contributed by atoms with Crippen molar-refractivity contribution in [3.8, 4) is 6.07 Å². The lowest BCUT2D eigenvalue weighted by Crippen LogP contribution is -1.97. The summed E-state index contributed by atoms with van der Waals surface area (Å²) in [6.07, 6.45) is 3.98. The van der Waals surface area contributed by atoms with E-state index in [0.717, 1.165) is 43.5 Å². The second-order valence-electron chi connectivity index (χ2n) is 6.69. The Kier molecular flexibility index (Phi) is 5.04. The molecule has 0 aliphatic rings. The van der Waals surface area contributed by atoms with E-state index in [-0.39, 0.29) is 0 Å². The van der Waals surface area contributed by atoms with Gasteiger partial charge in [-0.2, -0.15) is 5.26 Å². The average Bonchev–Trinajstić information content (AvgIpc) is 3.19. The SMILES string of the molecule is Cc1sc(N=Cc2cn(Cc3ccc(Cl)cc3)c3ccccc23)c(C#N)c1C. The number of hydrogen-bond acceptors (Lipinski definition) is 3. The summed E-state index contributed by atoms with van der Waals surface area (Å²) < 4.78 is 2.22. The summed E-state index contributed by atoms with van der Waals surface area (Å²) in [5, 5.41) is 12.1. The number of hydrogen-bond donors (Lipinski definition) is 0. The van der Waals surface area contributed by atoms with Gasteiger partial charge in [0.2, 0.25) is 0 Å². The van der Waals surface area contributed by atoms with Crippen LogP contribution in [0, 0.1) is 25.2 Å². The lowest BCUT2D eigenvalue weighted by molar-refractivity contribution is 0.836. The third-order valence-electron chi connectivity index (χ3n) is 4.89. The lowest BCUT2D eigenvalue weighted by atomic mass is 10.2. The molecule has 0 bridgehead atoms. The van der Waals surface area contributed by atoms with Crippen LogP contribution in [-0.2, 0) is 6.54 Å². The van der Waals surface area contributed by atoms with Crippen LogP contribution in [0.4, 0.5) is 5.00 Å². The second-order valence-corrected chi connectivity index (χ2v) is 8.33. The molecule has 4 aromatic rings. The van der Waals surface area contributed by atoms with E-state index in [4.69, 9.17) is 11.6 Å². The minimum absolute atomic E-state index is 0.670. The first-order valence-corrected chi connectivity index (χ1v) is 10.1. The zero-order chi connectivity index (χ0) is 19.7. The van der Waals surface area contributed by atoms with Gasteiger partial charge in [0.25, 0.3) is 0 Å². The fraction of sp³-hybridized carbons (Fsp3) is 0.130. The highest BCUT2D eigenvalue weighted by molar-refractivity contribution is 7.16. The van der Waals surface area contributed by atoms with Crippen molar-refractivity contribution in [2.75, 3.05) is 0 Å². The van der Waals surface area contributed by atoms with Crippen molar-refractivity contribution in [1.29, 1.82) is 5.26 Å². The summed E-state index contributed by atoms with van der Waals surface area (Å²) >= 11 is 7.57. The number of aliphatic imine (C=N–C) groups is 1. The van der Waals surface area contributed by atoms with Gasteiger partial charge in [0, 0.05) is 45.3 Å². The summed E-state index contributed by atoms with van der Waals surface area (Å²) in [4.78, 5) is 5.78. The first-order valence-electron chi connectivity index (χ1n) is 8.93. The zero-order valence-corrected chi connectivity index (χ0v) is 17.2. The highest BCUT2D eigenvalue weighted by atomic mass is 35.5. The minimum Gasteiger partial charge on any atom is -0.342 e. The van der Waals surface area contributed by atoms with E-state index in [1.165, 1.54) is 5.56 Å². The third-order valence-corrected chi connectivity index (χ3v) is 6.25. The number of aromatic nitrogens is 1. The van der Waals surface area contributed by atoms with E-state index in [1.807, 2.05) is 56.5 Å². The molecular weight excluding hydrogens is 386 g/mol. The van der Waals surface area contributed by atoms with Crippen LogP contribution in [-0.4, -0.2) is 10.8 Å². The first kappa shape index (κ1) is 18.5. The van der Waals surface area contributed by atoms with Crippen LogP contribution in [0.15, 0.2) is 59.7 Å². The van der Waals surface area contributed by atoms with Gasteiger partial charge in [-0.1, -0.05) is 41.9 Å². The Morgan fingerprint density at radius 2 is 1.89 bits per heavy atom. The number of para-hydroxylation sites is 1. The molecule has 3 nitrogen and oxygen atoms in total. The molecule has 0 saturated heterocycles. The highest BCUT2D eigenvalue weighted by Crippen LogP contribution is 2.34. The van der Waals surface area contributed by atoms with Crippen LogP contribution >= 0.6 is 22.9 Å². The first-order chi connectivity index (χ1) is 13.6. The van der Waals surface area contributed by atoms with E-state index in [1.54, 1.807) is 11.3 Å². The van der Waals surface area contributed by atoms with Crippen LogP contribution in [0.3, 0.4) is 0 Å². The molecule has 0 spiro atoms. The van der Waals surface area contributed by atoms with Crippen molar-refractivity contribution < 1.29 is 0 Å². The van der Waals surface area contributed by atoms with E-state index in [2.05, 4.69) is 34.0 Å². The molecule has 0 aliphatic carbocycles. The van der Waals surface area contributed by atoms with Gasteiger partial charge in [0.1, 0.15) is 11.1 Å². The van der Waals surface area contributed by atoms with Crippen molar-refractivity contribution in [2.45, 2.75) is 20.4 Å². The van der Waals surface area contributed by atoms with E-state index in [0.29, 0.717) is 5.56 Å². The second kappa shape index (κ2) is 7.63. The quantitative estimate of drug-likeness (QED) is 0.352. The third kappa shape index (κ3) is 3.47. The Morgan fingerprint density at radius 1 is 1.14 bits per heavy atom. The highest BCUT2D eigenvalue weighted by Gasteiger charge is 2.12. The number of rotatable bonds is 4. The van der Waals surface area contributed by atoms with Crippen LogP contribution in [0.25, 0.3) is 10.9 Å². The van der Waals surface area contributed by atoms with Gasteiger partial charge < -0.3 is 4.57 Å². The number of aryl methyl sites for hydroxylation is 1. The molecule has 4 rings (SSSR count). The van der Waals surface area contributed by atoms with E-state index < -0.39 is 0 Å². The average molecular weight is 404 g/mol. The monoisotopic (exact) mass is 403 g/mol. The molecule has 0 saturated carbocycles. The number of nitriles is 1. The van der Waals surface area contributed by atoms with Gasteiger partial charge in [-0.3, -0.25) is 0 Å². The topological polar surface area (TPSA) is 41.1 Å². The van der Waals surface area contributed by atoms with Gasteiger partial charge in [0.05, 0.1) is 5.56 Å². The van der Waals surface area contributed by atoms with Gasteiger partial charge in [-0.15, -0.1) is 11.3 Å². The molecule has 138 valence electrons. The molecule has 2 aromatic heterocycles. The lowest BCUT2D eigenvalue weighted by Gasteiger charge is -2.05. The Balaban J connectivity index is 1.73. The molecule has 0 amide bonds. The summed E-state index contributed by atoms with van der Waals surface area (Å²) in [7, 11) is 0. The van der Waals surface area contributed by atoms with Crippen LogP contribution in [0.2, 0.25) is 5.02 Å². The van der Waals surface area contributed by atoms with Crippen molar-refractivity contribution in [3.05, 3.63) is 86.9 Å². The minimum atomic E-state index is 0.670. The predicted octanol–water partition coefficient (Wildman–Crippen LogP) is 6.64. The van der Waals surface area contributed by atoms with Gasteiger partial charge >= 0.3 is 0 Å². The molecule has 0 radical (unpaired) electrons. The normalized spacial score (nSPS) is 11.4. The molecular formula is C23H18ClN3S. The zero-order valence-electron chi connectivity index (χ0n) is 15.6. The van der Waals surface area contributed by atoms with Gasteiger partial charge in [0.15, 0.2) is 0 Å². The van der Waals surface area contributed by atoms with Crippen molar-refractivity contribution in [1.82, 2.24) is 4.57 Å². The Bertz CT molecular complexity index is 1220. The Morgan fingerprint density at radius 3 is 2.64 bits per heavy atom. The fourth-order valence-corrected chi connectivity index (χ4v) is 4.33. The standard InChI is InChI=1S/C23H18ClN3S/c1-15-16(2)28-23(21(15)11-25)26-12-18-14-27(22-6-4-3-5-20(18)22)13-17-7-9-19(24)10-8-17/h3-10,12,14H,13H2,1-2H3. The molecule has 0 N–H and O–H groups in total. The van der Waals surface area contributed by atoms with E-state index in [9.17, 15) is 5.26 Å². The Labute approximate surface area is 173 Å². The maximum absolute atomic E-state index is 9.44. The molecule has 0 fully saturated rings. The number of benzene rings is 2. The maximum atomic E-state index is 9.44.